The Kier molecular flexibility index (Phi) is 5.35. The first-order chi connectivity index (χ1) is 12.9. The summed E-state index contributed by atoms with van der Waals surface area (Å²) in [5, 5.41) is 2.87. The molecule has 138 valence electrons. The molecule has 6 heteroatoms. The first-order valence-corrected chi connectivity index (χ1v) is 8.59. The topological polar surface area (TPSA) is 75.4 Å². The maximum atomic E-state index is 12.3. The van der Waals surface area contributed by atoms with E-state index in [-0.39, 0.29) is 18.4 Å². The number of anilines is 1. The van der Waals surface area contributed by atoms with Gasteiger partial charge in [0.05, 0.1) is 6.54 Å². The second kappa shape index (κ2) is 7.86. The summed E-state index contributed by atoms with van der Waals surface area (Å²) in [5.41, 5.74) is 4.13. The molecule has 0 spiro atoms. The van der Waals surface area contributed by atoms with E-state index >= 15 is 0 Å². The third kappa shape index (κ3) is 4.41. The molecule has 0 fully saturated rings. The number of aromatic nitrogens is 1. The molecule has 0 atom stereocenters. The number of nitrogens with one attached hydrogen (secondary N) is 1. The predicted molar refractivity (Wildman–Crippen MR) is 105 cm³/mol. The quantitative estimate of drug-likeness (QED) is 0.704. The molecule has 2 amide bonds. The lowest BCUT2D eigenvalue weighted by molar-refractivity contribution is -0.129. The van der Waals surface area contributed by atoms with Gasteiger partial charge in [0.2, 0.25) is 17.7 Å². The number of nitrogens with zero attached hydrogens (tertiary/aromatic N) is 2. The number of benzene rings is 2. The molecule has 0 aliphatic carbocycles. The summed E-state index contributed by atoms with van der Waals surface area (Å²) in [5.74, 6) is -0.217. The van der Waals surface area contributed by atoms with Crippen molar-refractivity contribution in [2.24, 2.45) is 0 Å². The molecule has 27 heavy (non-hydrogen) atoms. The van der Waals surface area contributed by atoms with Crippen LogP contribution < -0.4 is 5.32 Å². The van der Waals surface area contributed by atoms with Gasteiger partial charge in [-0.2, -0.15) is 0 Å². The first-order valence-electron chi connectivity index (χ1n) is 8.59. The fraction of sp³-hybridized carbons (Fsp3) is 0.190. The molecule has 2 aromatic carbocycles. The van der Waals surface area contributed by atoms with Gasteiger partial charge in [0.15, 0.2) is 5.58 Å². The van der Waals surface area contributed by atoms with E-state index in [0.717, 1.165) is 22.3 Å². The van der Waals surface area contributed by atoms with E-state index in [9.17, 15) is 9.59 Å². The van der Waals surface area contributed by atoms with Crippen LogP contribution >= 0.6 is 0 Å². The van der Waals surface area contributed by atoms with Crippen LogP contribution in [-0.4, -0.2) is 35.3 Å². The maximum absolute atomic E-state index is 12.3. The zero-order valence-corrected chi connectivity index (χ0v) is 15.5. The van der Waals surface area contributed by atoms with Crippen LogP contribution in [0.1, 0.15) is 17.0 Å². The summed E-state index contributed by atoms with van der Waals surface area (Å²) >= 11 is 0. The average Bonchev–Trinajstić information content (AvgIpc) is 3.05. The van der Waals surface area contributed by atoms with Gasteiger partial charge in [0, 0.05) is 24.9 Å². The van der Waals surface area contributed by atoms with Gasteiger partial charge in [-0.25, -0.2) is 4.98 Å². The Morgan fingerprint density at radius 2 is 1.81 bits per heavy atom. The number of hydrogen-bond acceptors (Lipinski definition) is 4. The van der Waals surface area contributed by atoms with Crippen LogP contribution in [0.3, 0.4) is 0 Å². The normalized spacial score (nSPS) is 11.1. The zero-order chi connectivity index (χ0) is 19.4. The highest BCUT2D eigenvalue weighted by atomic mass is 16.3. The fourth-order valence-electron chi connectivity index (χ4n) is 2.72. The molecule has 0 aliphatic rings. The van der Waals surface area contributed by atoms with Crippen molar-refractivity contribution >= 4 is 34.7 Å². The summed E-state index contributed by atoms with van der Waals surface area (Å²) < 4.78 is 5.54. The SMILES string of the molecule is Cc1cccc(C)c1NC(=O)CN(C)C(=O)/C=C/c1nc2ccccc2o1. The number of fused-ring (bicyclic) bond motifs is 1. The van der Waals surface area contributed by atoms with Crippen molar-refractivity contribution in [2.45, 2.75) is 13.8 Å². The number of carbonyl (C=O) groups is 2. The summed E-state index contributed by atoms with van der Waals surface area (Å²) in [6.45, 7) is 3.81. The van der Waals surface area contributed by atoms with E-state index in [1.54, 1.807) is 7.05 Å². The molecule has 0 bridgehead atoms. The summed E-state index contributed by atoms with van der Waals surface area (Å²) in [7, 11) is 1.57. The minimum atomic E-state index is -0.311. The van der Waals surface area contributed by atoms with E-state index in [4.69, 9.17) is 4.42 Å². The number of aryl methyl sites for hydroxylation is 2. The van der Waals surface area contributed by atoms with E-state index in [1.165, 1.54) is 17.1 Å². The van der Waals surface area contributed by atoms with Gasteiger partial charge in [-0.15, -0.1) is 0 Å². The Bertz CT molecular complexity index is 967. The largest absolute Gasteiger partial charge is 0.437 e. The maximum Gasteiger partial charge on any atom is 0.246 e. The molecule has 1 heterocycles. The standard InChI is InChI=1S/C21H21N3O3/c1-14-7-6-8-15(2)21(14)23-18(25)13-24(3)20(26)12-11-19-22-16-9-4-5-10-17(16)27-19/h4-12H,13H2,1-3H3,(H,23,25)/b12-11+. The highest BCUT2D eigenvalue weighted by Gasteiger charge is 2.13. The average molecular weight is 363 g/mol. The second-order valence-corrected chi connectivity index (χ2v) is 6.36. The lowest BCUT2D eigenvalue weighted by Gasteiger charge is -2.16. The molecule has 1 N–H and O–H groups in total. The highest BCUT2D eigenvalue weighted by Crippen LogP contribution is 2.19. The van der Waals surface area contributed by atoms with Crippen molar-refractivity contribution in [3.63, 3.8) is 0 Å². The summed E-state index contributed by atoms with van der Waals surface area (Å²) in [6, 6.07) is 13.2. The second-order valence-electron chi connectivity index (χ2n) is 6.36. The smallest absolute Gasteiger partial charge is 0.246 e. The lowest BCUT2D eigenvalue weighted by Crippen LogP contribution is -2.34. The number of carbonyl (C=O) groups excluding carboxylic acids is 2. The van der Waals surface area contributed by atoms with Gasteiger partial charge in [-0.1, -0.05) is 30.3 Å². The number of rotatable bonds is 5. The van der Waals surface area contributed by atoms with Crippen LogP contribution in [0.15, 0.2) is 53.0 Å². The lowest BCUT2D eigenvalue weighted by atomic mass is 10.1. The Morgan fingerprint density at radius 1 is 1.11 bits per heavy atom. The van der Waals surface area contributed by atoms with Crippen LogP contribution in [0.4, 0.5) is 5.69 Å². The van der Waals surface area contributed by atoms with Crippen molar-refractivity contribution in [3.05, 3.63) is 65.6 Å². The minimum Gasteiger partial charge on any atom is -0.437 e. The van der Waals surface area contributed by atoms with Gasteiger partial charge in [0.25, 0.3) is 0 Å². The molecule has 0 unspecified atom stereocenters. The number of amides is 2. The number of para-hydroxylation sites is 3. The van der Waals surface area contributed by atoms with Gasteiger partial charge in [-0.3, -0.25) is 9.59 Å². The fourth-order valence-corrected chi connectivity index (χ4v) is 2.72. The number of hydrogen-bond donors (Lipinski definition) is 1. The molecule has 0 aliphatic heterocycles. The van der Waals surface area contributed by atoms with E-state index < -0.39 is 0 Å². The van der Waals surface area contributed by atoms with Crippen molar-refractivity contribution in [1.29, 1.82) is 0 Å². The highest BCUT2D eigenvalue weighted by molar-refractivity contribution is 5.98. The Balaban J connectivity index is 1.60. The van der Waals surface area contributed by atoms with Gasteiger partial charge >= 0.3 is 0 Å². The van der Waals surface area contributed by atoms with Crippen LogP contribution in [-0.2, 0) is 9.59 Å². The zero-order valence-electron chi connectivity index (χ0n) is 15.5. The Labute approximate surface area is 157 Å². The molecular weight excluding hydrogens is 342 g/mol. The molecule has 1 aromatic heterocycles. The molecule has 0 saturated carbocycles. The predicted octanol–water partition coefficient (Wildman–Crippen LogP) is 3.55. The number of likely N-dealkylation sites (N-methyl/N-ethyl adjacent to an activating group) is 1. The summed E-state index contributed by atoms with van der Waals surface area (Å²) in [6.07, 6.45) is 2.85. The van der Waals surface area contributed by atoms with Crippen molar-refractivity contribution < 1.29 is 14.0 Å². The van der Waals surface area contributed by atoms with Crippen molar-refractivity contribution in [2.75, 3.05) is 18.9 Å². The van der Waals surface area contributed by atoms with Crippen molar-refractivity contribution in [3.8, 4) is 0 Å². The Morgan fingerprint density at radius 3 is 2.52 bits per heavy atom. The van der Waals surface area contributed by atoms with Gasteiger partial charge < -0.3 is 14.6 Å². The van der Waals surface area contributed by atoms with Crippen LogP contribution in [0.5, 0.6) is 0 Å². The van der Waals surface area contributed by atoms with Crippen LogP contribution in [0, 0.1) is 13.8 Å². The molecule has 0 saturated heterocycles. The number of oxazole rings is 1. The molecule has 0 radical (unpaired) electrons. The van der Waals surface area contributed by atoms with Crippen molar-refractivity contribution in [1.82, 2.24) is 9.88 Å². The molecule has 3 aromatic rings. The van der Waals surface area contributed by atoms with Crippen LogP contribution in [0.25, 0.3) is 17.2 Å². The monoisotopic (exact) mass is 363 g/mol. The third-order valence-corrected chi connectivity index (χ3v) is 4.18. The third-order valence-electron chi connectivity index (χ3n) is 4.18. The summed E-state index contributed by atoms with van der Waals surface area (Å²) in [4.78, 5) is 30.1. The molecule has 3 rings (SSSR count). The van der Waals surface area contributed by atoms with E-state index in [0.29, 0.717) is 11.5 Å². The first kappa shape index (κ1) is 18.4. The molecular formula is C21H21N3O3. The van der Waals surface area contributed by atoms with Gasteiger partial charge in [-0.05, 0) is 37.1 Å². The Hall–Kier alpha value is -3.41. The van der Waals surface area contributed by atoms with E-state index in [2.05, 4.69) is 10.3 Å². The molecule has 6 nitrogen and oxygen atoms in total. The van der Waals surface area contributed by atoms with E-state index in [1.807, 2.05) is 56.3 Å². The minimum absolute atomic E-state index is 0.0511. The van der Waals surface area contributed by atoms with Crippen LogP contribution in [0.2, 0.25) is 0 Å². The van der Waals surface area contributed by atoms with Gasteiger partial charge in [0.1, 0.15) is 5.52 Å².